The number of fused-ring (bicyclic) bond motifs is 1. The van der Waals surface area contributed by atoms with Gasteiger partial charge in [0.15, 0.2) is 9.84 Å². The van der Waals surface area contributed by atoms with E-state index < -0.39 is 9.84 Å². The molecule has 0 spiro atoms. The first-order valence-electron chi connectivity index (χ1n) is 6.87. The summed E-state index contributed by atoms with van der Waals surface area (Å²) in [6.45, 7) is 2.56. The van der Waals surface area contributed by atoms with E-state index in [1.807, 2.05) is 30.3 Å². The Kier molecular flexibility index (Phi) is 3.42. The first kappa shape index (κ1) is 13.4. The van der Waals surface area contributed by atoms with Gasteiger partial charge >= 0.3 is 0 Å². The molecule has 1 aliphatic heterocycles. The van der Waals surface area contributed by atoms with Crippen molar-refractivity contribution in [1.82, 2.24) is 0 Å². The molecule has 0 aliphatic carbocycles. The van der Waals surface area contributed by atoms with E-state index in [1.165, 1.54) is 10.9 Å². The van der Waals surface area contributed by atoms with Gasteiger partial charge in [0, 0.05) is 11.3 Å². The smallest absolute Gasteiger partial charge is 0.150 e. The van der Waals surface area contributed by atoms with Gasteiger partial charge in [0.2, 0.25) is 0 Å². The third-order valence-electron chi connectivity index (χ3n) is 3.90. The van der Waals surface area contributed by atoms with Crippen molar-refractivity contribution in [2.24, 2.45) is 5.92 Å². The summed E-state index contributed by atoms with van der Waals surface area (Å²) in [6.07, 6.45) is 0.714. The molecule has 0 aromatic heterocycles. The molecule has 1 heterocycles. The fraction of sp³-hybridized carbons (Fsp3) is 0.375. The number of aryl methyl sites for hydroxylation is 1. The van der Waals surface area contributed by atoms with Crippen molar-refractivity contribution in [2.75, 3.05) is 18.1 Å². The van der Waals surface area contributed by atoms with Crippen LogP contribution in [0.5, 0.6) is 5.75 Å². The standard InChI is InChI=1S/C16H18O3S/c1-12-6-7-16(15-5-3-2-4-14(12)15)19-10-13-8-9-20(17,18)11-13/h2-7,13H,8-11H2,1H3. The fourth-order valence-corrected chi connectivity index (χ4v) is 4.60. The van der Waals surface area contributed by atoms with E-state index in [-0.39, 0.29) is 11.7 Å². The number of hydrogen-bond donors (Lipinski definition) is 0. The first-order chi connectivity index (χ1) is 9.55. The zero-order valence-corrected chi connectivity index (χ0v) is 12.3. The molecule has 3 rings (SSSR count). The normalized spacial score (nSPS) is 21.1. The average molecular weight is 290 g/mol. The Hall–Kier alpha value is -1.55. The Morgan fingerprint density at radius 3 is 2.60 bits per heavy atom. The summed E-state index contributed by atoms with van der Waals surface area (Å²) < 4.78 is 28.8. The maximum Gasteiger partial charge on any atom is 0.150 e. The summed E-state index contributed by atoms with van der Waals surface area (Å²) in [5.74, 6) is 1.53. The molecule has 0 radical (unpaired) electrons. The van der Waals surface area contributed by atoms with Crippen LogP contribution in [0.3, 0.4) is 0 Å². The van der Waals surface area contributed by atoms with Crippen LogP contribution < -0.4 is 4.74 Å². The van der Waals surface area contributed by atoms with Crippen molar-refractivity contribution in [3.05, 3.63) is 42.0 Å². The lowest BCUT2D eigenvalue weighted by molar-refractivity contribution is 0.266. The van der Waals surface area contributed by atoms with Gasteiger partial charge in [-0.3, -0.25) is 0 Å². The van der Waals surface area contributed by atoms with Gasteiger partial charge in [-0.25, -0.2) is 8.42 Å². The molecule has 1 fully saturated rings. The second-order valence-electron chi connectivity index (χ2n) is 5.51. The summed E-state index contributed by atoms with van der Waals surface area (Å²) in [6, 6.07) is 12.2. The predicted octanol–water partition coefficient (Wildman–Crippen LogP) is 2.96. The van der Waals surface area contributed by atoms with Crippen LogP contribution in [0.4, 0.5) is 0 Å². The zero-order chi connectivity index (χ0) is 14.2. The summed E-state index contributed by atoms with van der Waals surface area (Å²) in [4.78, 5) is 0. The summed E-state index contributed by atoms with van der Waals surface area (Å²) >= 11 is 0. The minimum atomic E-state index is -2.83. The summed E-state index contributed by atoms with van der Waals surface area (Å²) in [7, 11) is -2.83. The average Bonchev–Trinajstić information content (AvgIpc) is 2.78. The van der Waals surface area contributed by atoms with Gasteiger partial charge in [0.25, 0.3) is 0 Å². The third kappa shape index (κ3) is 2.66. The van der Waals surface area contributed by atoms with Crippen molar-refractivity contribution in [3.8, 4) is 5.75 Å². The molecule has 2 aromatic carbocycles. The highest BCUT2D eigenvalue weighted by Crippen LogP contribution is 2.29. The molecule has 2 aromatic rings. The molecule has 20 heavy (non-hydrogen) atoms. The topological polar surface area (TPSA) is 43.4 Å². The lowest BCUT2D eigenvalue weighted by Crippen LogP contribution is -2.13. The number of hydrogen-bond acceptors (Lipinski definition) is 3. The van der Waals surface area contributed by atoms with Gasteiger partial charge in [-0.2, -0.15) is 0 Å². The molecule has 0 bridgehead atoms. The Balaban J connectivity index is 1.80. The maximum absolute atomic E-state index is 11.5. The van der Waals surface area contributed by atoms with Crippen LogP contribution in [-0.2, 0) is 9.84 Å². The van der Waals surface area contributed by atoms with Crippen molar-refractivity contribution in [3.63, 3.8) is 0 Å². The lowest BCUT2D eigenvalue weighted by Gasteiger charge is -2.13. The second-order valence-corrected chi connectivity index (χ2v) is 7.73. The molecular formula is C16H18O3S. The van der Waals surface area contributed by atoms with Gasteiger partial charge in [0.05, 0.1) is 18.1 Å². The number of benzene rings is 2. The maximum atomic E-state index is 11.5. The van der Waals surface area contributed by atoms with Crippen LogP contribution in [-0.4, -0.2) is 26.5 Å². The summed E-state index contributed by atoms with van der Waals surface area (Å²) in [5, 5.41) is 2.28. The van der Waals surface area contributed by atoms with E-state index in [9.17, 15) is 8.42 Å². The van der Waals surface area contributed by atoms with E-state index in [0.717, 1.165) is 11.1 Å². The molecule has 0 amide bonds. The van der Waals surface area contributed by atoms with Crippen molar-refractivity contribution < 1.29 is 13.2 Å². The van der Waals surface area contributed by atoms with E-state index in [2.05, 4.69) is 13.0 Å². The van der Waals surface area contributed by atoms with Crippen LogP contribution in [0.1, 0.15) is 12.0 Å². The molecule has 0 N–H and O–H groups in total. The van der Waals surface area contributed by atoms with Gasteiger partial charge < -0.3 is 4.74 Å². The van der Waals surface area contributed by atoms with Gasteiger partial charge in [0.1, 0.15) is 5.75 Å². The largest absolute Gasteiger partial charge is 0.493 e. The minimum Gasteiger partial charge on any atom is -0.493 e. The van der Waals surface area contributed by atoms with Crippen LogP contribution in [0.15, 0.2) is 36.4 Å². The minimum absolute atomic E-state index is 0.125. The van der Waals surface area contributed by atoms with Crippen LogP contribution >= 0.6 is 0 Å². The number of rotatable bonds is 3. The van der Waals surface area contributed by atoms with Crippen LogP contribution in [0.25, 0.3) is 10.8 Å². The highest BCUT2D eigenvalue weighted by molar-refractivity contribution is 7.91. The Bertz CT molecular complexity index is 734. The number of sulfone groups is 1. The third-order valence-corrected chi connectivity index (χ3v) is 5.74. The van der Waals surface area contributed by atoms with E-state index in [0.29, 0.717) is 18.8 Å². The molecular weight excluding hydrogens is 272 g/mol. The molecule has 106 valence electrons. The van der Waals surface area contributed by atoms with Crippen LogP contribution in [0.2, 0.25) is 0 Å². The van der Waals surface area contributed by atoms with Gasteiger partial charge in [-0.1, -0.05) is 30.3 Å². The molecule has 1 atom stereocenters. The number of ether oxygens (including phenoxy) is 1. The SMILES string of the molecule is Cc1ccc(OCC2CCS(=O)(=O)C2)c2ccccc12. The van der Waals surface area contributed by atoms with Crippen molar-refractivity contribution in [2.45, 2.75) is 13.3 Å². The highest BCUT2D eigenvalue weighted by atomic mass is 32.2. The Morgan fingerprint density at radius 2 is 1.90 bits per heavy atom. The Morgan fingerprint density at radius 1 is 1.15 bits per heavy atom. The molecule has 1 saturated heterocycles. The van der Waals surface area contributed by atoms with Gasteiger partial charge in [-0.05, 0) is 30.4 Å². The van der Waals surface area contributed by atoms with Crippen molar-refractivity contribution >= 4 is 20.6 Å². The first-order valence-corrected chi connectivity index (χ1v) is 8.69. The zero-order valence-electron chi connectivity index (χ0n) is 11.5. The second kappa shape index (κ2) is 5.09. The highest BCUT2D eigenvalue weighted by Gasteiger charge is 2.28. The van der Waals surface area contributed by atoms with Crippen LogP contribution in [0, 0.1) is 12.8 Å². The Labute approximate surface area is 119 Å². The molecule has 0 saturated carbocycles. The molecule has 3 nitrogen and oxygen atoms in total. The van der Waals surface area contributed by atoms with Gasteiger partial charge in [-0.15, -0.1) is 0 Å². The van der Waals surface area contributed by atoms with E-state index in [1.54, 1.807) is 0 Å². The monoisotopic (exact) mass is 290 g/mol. The fourth-order valence-electron chi connectivity index (χ4n) is 2.76. The van der Waals surface area contributed by atoms with E-state index >= 15 is 0 Å². The summed E-state index contributed by atoms with van der Waals surface area (Å²) in [5.41, 5.74) is 1.22. The van der Waals surface area contributed by atoms with E-state index in [4.69, 9.17) is 4.74 Å². The molecule has 1 unspecified atom stereocenters. The lowest BCUT2D eigenvalue weighted by atomic mass is 10.0. The van der Waals surface area contributed by atoms with Crippen molar-refractivity contribution in [1.29, 1.82) is 0 Å². The molecule has 4 heteroatoms. The molecule has 1 aliphatic rings. The quantitative estimate of drug-likeness (QED) is 0.873. The predicted molar refractivity (Wildman–Crippen MR) is 80.9 cm³/mol.